The van der Waals surface area contributed by atoms with Crippen molar-refractivity contribution in [3.8, 4) is 11.5 Å². The van der Waals surface area contributed by atoms with E-state index in [4.69, 9.17) is 15.2 Å². The fraction of sp³-hybridized carbons (Fsp3) is 0.143. The summed E-state index contributed by atoms with van der Waals surface area (Å²) in [7, 11) is 0. The summed E-state index contributed by atoms with van der Waals surface area (Å²) in [5.74, 6) is 1.52. The third-order valence-electron chi connectivity index (χ3n) is 1.49. The number of rotatable bonds is 0. The van der Waals surface area contributed by atoms with E-state index in [0.29, 0.717) is 6.79 Å². The Balaban J connectivity index is 2.57. The second-order valence-electron chi connectivity index (χ2n) is 2.23. The summed E-state index contributed by atoms with van der Waals surface area (Å²) in [5.41, 5.74) is 6.38. The number of hydrogen-bond acceptors (Lipinski definition) is 3. The van der Waals surface area contributed by atoms with Crippen molar-refractivity contribution in [1.29, 1.82) is 0 Å². The van der Waals surface area contributed by atoms with E-state index in [9.17, 15) is 0 Å². The zero-order valence-corrected chi connectivity index (χ0v) is 7.79. The Bertz CT molecular complexity index is 272. The first-order chi connectivity index (χ1) is 5.27. The van der Waals surface area contributed by atoms with Crippen molar-refractivity contribution in [3.63, 3.8) is 0 Å². The fourth-order valence-electron chi connectivity index (χ4n) is 0.933. The standard InChI is InChI=1S/C7H6INO2/c8-4-1-6-7(2-5(4)9)11-3-10-6/h1-2H,3,9H2. The maximum absolute atomic E-state index is 5.65. The number of halogens is 1. The molecule has 1 aromatic rings. The molecule has 0 radical (unpaired) electrons. The van der Waals surface area contributed by atoms with Gasteiger partial charge in [0, 0.05) is 15.3 Å². The van der Waals surface area contributed by atoms with Crippen LogP contribution < -0.4 is 15.2 Å². The molecule has 1 heterocycles. The second kappa shape index (κ2) is 2.44. The maximum Gasteiger partial charge on any atom is 0.231 e. The molecule has 2 rings (SSSR count). The van der Waals surface area contributed by atoms with Gasteiger partial charge in [0.1, 0.15) is 0 Å². The number of nitrogen functional groups attached to an aromatic ring is 1. The highest BCUT2D eigenvalue weighted by molar-refractivity contribution is 14.1. The van der Waals surface area contributed by atoms with Gasteiger partial charge in [-0.15, -0.1) is 0 Å². The smallest absolute Gasteiger partial charge is 0.231 e. The largest absolute Gasteiger partial charge is 0.454 e. The molecule has 1 aliphatic rings. The van der Waals surface area contributed by atoms with Crippen LogP contribution in [0, 0.1) is 3.57 Å². The van der Waals surface area contributed by atoms with Crippen LogP contribution in [0.1, 0.15) is 0 Å². The molecule has 2 N–H and O–H groups in total. The van der Waals surface area contributed by atoms with Gasteiger partial charge in [-0.2, -0.15) is 0 Å². The summed E-state index contributed by atoms with van der Waals surface area (Å²) in [6, 6.07) is 3.66. The number of hydrogen-bond donors (Lipinski definition) is 1. The van der Waals surface area contributed by atoms with Gasteiger partial charge in [-0.05, 0) is 28.7 Å². The molecule has 0 fully saturated rings. The highest BCUT2D eigenvalue weighted by atomic mass is 127. The molecule has 3 nitrogen and oxygen atoms in total. The maximum atomic E-state index is 5.65. The van der Waals surface area contributed by atoms with Gasteiger partial charge >= 0.3 is 0 Å². The highest BCUT2D eigenvalue weighted by Gasteiger charge is 2.14. The molecular formula is C7H6INO2. The average molecular weight is 263 g/mol. The lowest BCUT2D eigenvalue weighted by molar-refractivity contribution is 0.174. The molecule has 0 aromatic heterocycles. The molecule has 0 saturated heterocycles. The lowest BCUT2D eigenvalue weighted by Gasteiger charge is -1.99. The van der Waals surface area contributed by atoms with Gasteiger partial charge in [-0.1, -0.05) is 0 Å². The monoisotopic (exact) mass is 263 g/mol. The van der Waals surface area contributed by atoms with Crippen LogP contribution in [-0.2, 0) is 0 Å². The molecule has 0 aliphatic carbocycles. The van der Waals surface area contributed by atoms with Crippen LogP contribution in [0.2, 0.25) is 0 Å². The molecule has 58 valence electrons. The van der Waals surface area contributed by atoms with E-state index in [2.05, 4.69) is 22.6 Å². The molecule has 1 aromatic carbocycles. The molecule has 4 heteroatoms. The van der Waals surface area contributed by atoms with E-state index in [1.165, 1.54) is 0 Å². The van der Waals surface area contributed by atoms with Gasteiger partial charge in [0.25, 0.3) is 0 Å². The summed E-state index contributed by atoms with van der Waals surface area (Å²) in [6.45, 7) is 0.300. The first-order valence-electron chi connectivity index (χ1n) is 3.12. The fourth-order valence-corrected chi connectivity index (χ4v) is 1.37. The van der Waals surface area contributed by atoms with E-state index < -0.39 is 0 Å². The Labute approximate surface area is 77.6 Å². The summed E-state index contributed by atoms with van der Waals surface area (Å²) in [4.78, 5) is 0. The number of benzene rings is 1. The van der Waals surface area contributed by atoms with E-state index in [-0.39, 0.29) is 0 Å². The minimum Gasteiger partial charge on any atom is -0.454 e. The molecule has 0 spiro atoms. The lowest BCUT2D eigenvalue weighted by Crippen LogP contribution is -1.92. The van der Waals surface area contributed by atoms with Gasteiger partial charge in [-0.3, -0.25) is 0 Å². The van der Waals surface area contributed by atoms with Crippen molar-refractivity contribution >= 4 is 28.3 Å². The Kier molecular flexibility index (Phi) is 1.56. The number of anilines is 1. The first kappa shape index (κ1) is 7.02. The van der Waals surface area contributed by atoms with Crippen molar-refractivity contribution in [2.45, 2.75) is 0 Å². The lowest BCUT2D eigenvalue weighted by atomic mass is 10.3. The summed E-state index contributed by atoms with van der Waals surface area (Å²) in [6.07, 6.45) is 0. The molecule has 0 amide bonds. The molecule has 0 bridgehead atoms. The van der Waals surface area contributed by atoms with Crippen LogP contribution >= 0.6 is 22.6 Å². The minimum atomic E-state index is 0.300. The topological polar surface area (TPSA) is 44.5 Å². The van der Waals surface area contributed by atoms with Crippen molar-refractivity contribution < 1.29 is 9.47 Å². The van der Waals surface area contributed by atoms with Gasteiger partial charge in [-0.25, -0.2) is 0 Å². The van der Waals surface area contributed by atoms with Crippen molar-refractivity contribution in [3.05, 3.63) is 15.7 Å². The Morgan fingerprint density at radius 3 is 2.64 bits per heavy atom. The average Bonchev–Trinajstić information content (AvgIpc) is 2.36. The Hall–Kier alpha value is -0.650. The number of ether oxygens (including phenoxy) is 2. The molecule has 1 aliphatic heterocycles. The van der Waals surface area contributed by atoms with Gasteiger partial charge < -0.3 is 15.2 Å². The van der Waals surface area contributed by atoms with Crippen LogP contribution in [0.4, 0.5) is 5.69 Å². The van der Waals surface area contributed by atoms with Crippen molar-refractivity contribution in [2.24, 2.45) is 0 Å². The quantitative estimate of drug-likeness (QED) is 0.571. The number of nitrogens with two attached hydrogens (primary N) is 1. The van der Waals surface area contributed by atoms with Crippen molar-refractivity contribution in [2.75, 3.05) is 12.5 Å². The third-order valence-corrected chi connectivity index (χ3v) is 2.43. The zero-order chi connectivity index (χ0) is 7.84. The van der Waals surface area contributed by atoms with Crippen LogP contribution in [0.3, 0.4) is 0 Å². The van der Waals surface area contributed by atoms with Gasteiger partial charge in [0.2, 0.25) is 6.79 Å². The minimum absolute atomic E-state index is 0.300. The molecule has 11 heavy (non-hydrogen) atoms. The highest BCUT2D eigenvalue weighted by Crippen LogP contribution is 2.36. The Morgan fingerprint density at radius 1 is 1.27 bits per heavy atom. The SMILES string of the molecule is Nc1cc2c(cc1I)OCO2. The van der Waals surface area contributed by atoms with E-state index in [0.717, 1.165) is 20.8 Å². The molecule has 0 atom stereocenters. The normalized spacial score (nSPS) is 13.5. The van der Waals surface area contributed by atoms with Crippen molar-refractivity contribution in [1.82, 2.24) is 0 Å². The predicted molar refractivity (Wildman–Crippen MR) is 49.7 cm³/mol. The zero-order valence-electron chi connectivity index (χ0n) is 5.63. The van der Waals surface area contributed by atoms with E-state index in [1.54, 1.807) is 6.07 Å². The van der Waals surface area contributed by atoms with Crippen LogP contribution in [0.15, 0.2) is 12.1 Å². The number of fused-ring (bicyclic) bond motifs is 1. The first-order valence-corrected chi connectivity index (χ1v) is 4.20. The second-order valence-corrected chi connectivity index (χ2v) is 3.39. The van der Waals surface area contributed by atoms with E-state index >= 15 is 0 Å². The molecule has 0 saturated carbocycles. The van der Waals surface area contributed by atoms with Crippen LogP contribution in [-0.4, -0.2) is 6.79 Å². The van der Waals surface area contributed by atoms with E-state index in [1.807, 2.05) is 6.07 Å². The van der Waals surface area contributed by atoms with Gasteiger partial charge in [0.15, 0.2) is 11.5 Å². The third kappa shape index (κ3) is 1.11. The van der Waals surface area contributed by atoms with Gasteiger partial charge in [0.05, 0.1) is 0 Å². The Morgan fingerprint density at radius 2 is 1.91 bits per heavy atom. The van der Waals surface area contributed by atoms with Crippen LogP contribution in [0.25, 0.3) is 0 Å². The summed E-state index contributed by atoms with van der Waals surface area (Å²) >= 11 is 2.16. The molecular weight excluding hydrogens is 257 g/mol. The molecule has 0 unspecified atom stereocenters. The van der Waals surface area contributed by atoms with Crippen LogP contribution in [0.5, 0.6) is 11.5 Å². The summed E-state index contributed by atoms with van der Waals surface area (Å²) < 4.78 is 11.3. The summed E-state index contributed by atoms with van der Waals surface area (Å²) in [5, 5.41) is 0. The predicted octanol–water partition coefficient (Wildman–Crippen LogP) is 1.60.